The minimum Gasteiger partial charge on any atom is -0.473 e. The number of alkyl halides is 3. The van der Waals surface area contributed by atoms with E-state index in [4.69, 9.17) is 4.74 Å². The average molecular weight is 505 g/mol. The number of pyridine rings is 2. The lowest BCUT2D eigenvalue weighted by Gasteiger charge is -2.15. The van der Waals surface area contributed by atoms with Crippen LogP contribution in [0.15, 0.2) is 48.8 Å². The number of imidazole rings is 1. The van der Waals surface area contributed by atoms with Gasteiger partial charge >= 0.3 is 18.1 Å². The van der Waals surface area contributed by atoms with Gasteiger partial charge in [0.1, 0.15) is 23.9 Å². The number of carbonyl (C=O) groups is 2. The van der Waals surface area contributed by atoms with Gasteiger partial charge in [-0.1, -0.05) is 12.1 Å². The topological polar surface area (TPSA) is 82.8 Å². The highest BCUT2D eigenvalue weighted by Gasteiger charge is 2.42. The van der Waals surface area contributed by atoms with Gasteiger partial charge in [0.05, 0.1) is 22.5 Å². The van der Waals surface area contributed by atoms with Crippen molar-refractivity contribution in [2.75, 3.05) is 0 Å². The van der Waals surface area contributed by atoms with E-state index in [0.717, 1.165) is 18.3 Å². The van der Waals surface area contributed by atoms with Gasteiger partial charge in [-0.2, -0.15) is 13.2 Å². The summed E-state index contributed by atoms with van der Waals surface area (Å²) in [4.78, 5) is 31.5. The standard InChI is InChI=1S/C24H16F5N3O4/c1-12-6-7-19-31-13(2)20(32(19)21(12)35-11-16-17(25)4-3-5-18(16)26)14-8-15(10-30-9-14)22(33)36-23(34)24(27,28)29/h3-10H,11H2,1-2H3. The minimum absolute atomic E-state index is 0.186. The van der Waals surface area contributed by atoms with Gasteiger partial charge in [0.25, 0.3) is 0 Å². The highest BCUT2D eigenvalue weighted by molar-refractivity contribution is 5.98. The van der Waals surface area contributed by atoms with Crippen molar-refractivity contribution in [2.45, 2.75) is 26.6 Å². The molecule has 4 rings (SSSR count). The maximum absolute atomic E-state index is 14.1. The molecule has 12 heteroatoms. The molecule has 0 aliphatic heterocycles. The first-order chi connectivity index (χ1) is 17.0. The van der Waals surface area contributed by atoms with Crippen LogP contribution >= 0.6 is 0 Å². The molecule has 7 nitrogen and oxygen atoms in total. The number of aryl methyl sites for hydroxylation is 2. The van der Waals surface area contributed by atoms with E-state index in [2.05, 4.69) is 14.7 Å². The molecule has 1 aromatic carbocycles. The van der Waals surface area contributed by atoms with Gasteiger partial charge in [0, 0.05) is 23.5 Å². The fourth-order valence-electron chi connectivity index (χ4n) is 3.52. The zero-order chi connectivity index (χ0) is 26.2. The van der Waals surface area contributed by atoms with Crippen molar-refractivity contribution < 1.29 is 41.0 Å². The fraction of sp³-hybridized carbons (Fsp3) is 0.167. The fourth-order valence-corrected chi connectivity index (χ4v) is 3.52. The second kappa shape index (κ2) is 9.36. The maximum Gasteiger partial charge on any atom is 0.491 e. The third-order valence-electron chi connectivity index (χ3n) is 5.18. The van der Waals surface area contributed by atoms with Crippen molar-refractivity contribution in [3.05, 3.63) is 82.8 Å². The number of esters is 2. The van der Waals surface area contributed by atoms with Crippen LogP contribution in [0.4, 0.5) is 22.0 Å². The minimum atomic E-state index is -5.35. The number of hydrogen-bond acceptors (Lipinski definition) is 6. The van der Waals surface area contributed by atoms with Crippen LogP contribution < -0.4 is 4.74 Å². The monoisotopic (exact) mass is 505 g/mol. The zero-order valence-electron chi connectivity index (χ0n) is 18.7. The molecule has 0 N–H and O–H groups in total. The third-order valence-corrected chi connectivity index (χ3v) is 5.18. The second-order valence-corrected chi connectivity index (χ2v) is 7.69. The zero-order valence-corrected chi connectivity index (χ0v) is 18.7. The summed E-state index contributed by atoms with van der Waals surface area (Å²) in [5.41, 5.74) is 1.29. The van der Waals surface area contributed by atoms with Crippen LogP contribution in [0.3, 0.4) is 0 Å². The number of fused-ring (bicyclic) bond motifs is 1. The molecule has 0 amide bonds. The highest BCUT2D eigenvalue weighted by atomic mass is 19.4. The Morgan fingerprint density at radius 2 is 1.72 bits per heavy atom. The predicted molar refractivity (Wildman–Crippen MR) is 115 cm³/mol. The summed E-state index contributed by atoms with van der Waals surface area (Å²) in [6.07, 6.45) is -3.08. The summed E-state index contributed by atoms with van der Waals surface area (Å²) >= 11 is 0. The normalized spacial score (nSPS) is 11.5. The van der Waals surface area contributed by atoms with E-state index >= 15 is 0 Å². The van der Waals surface area contributed by atoms with Crippen molar-refractivity contribution >= 4 is 17.6 Å². The molecule has 0 aliphatic carbocycles. The maximum atomic E-state index is 14.1. The Morgan fingerprint density at radius 1 is 1.03 bits per heavy atom. The number of ether oxygens (including phenoxy) is 2. The molecular formula is C24H16F5N3O4. The van der Waals surface area contributed by atoms with Crippen molar-refractivity contribution in [1.29, 1.82) is 0 Å². The number of rotatable bonds is 5. The van der Waals surface area contributed by atoms with Gasteiger partial charge < -0.3 is 9.47 Å². The van der Waals surface area contributed by atoms with E-state index in [1.807, 2.05) is 0 Å². The summed E-state index contributed by atoms with van der Waals surface area (Å²) in [7, 11) is 0. The van der Waals surface area contributed by atoms with Gasteiger partial charge in [-0.05, 0) is 38.1 Å². The summed E-state index contributed by atoms with van der Waals surface area (Å²) in [6.45, 7) is 2.88. The molecule has 0 radical (unpaired) electrons. The van der Waals surface area contributed by atoms with Gasteiger partial charge in [0.2, 0.25) is 5.88 Å². The van der Waals surface area contributed by atoms with Crippen molar-refractivity contribution in [3.63, 3.8) is 0 Å². The molecule has 4 aromatic rings. The average Bonchev–Trinajstić information content (AvgIpc) is 3.15. The Bertz CT molecular complexity index is 1480. The van der Waals surface area contributed by atoms with Gasteiger partial charge in [-0.3, -0.25) is 9.38 Å². The van der Waals surface area contributed by atoms with E-state index in [0.29, 0.717) is 22.6 Å². The second-order valence-electron chi connectivity index (χ2n) is 7.69. The molecule has 0 aliphatic rings. The molecule has 186 valence electrons. The summed E-state index contributed by atoms with van der Waals surface area (Å²) in [5, 5.41) is 0. The first-order valence-electron chi connectivity index (χ1n) is 10.3. The van der Waals surface area contributed by atoms with E-state index < -0.39 is 41.9 Å². The Morgan fingerprint density at radius 3 is 2.39 bits per heavy atom. The van der Waals surface area contributed by atoms with Crippen molar-refractivity contribution in [2.24, 2.45) is 0 Å². The summed E-state index contributed by atoms with van der Waals surface area (Å²) in [5.74, 6) is -5.58. The SMILES string of the molecule is Cc1ccc2nc(C)c(-c3cncc(C(=O)OC(=O)C(F)(F)F)c3)n2c1OCc1c(F)cccc1F. The Kier molecular flexibility index (Phi) is 6.44. The van der Waals surface area contributed by atoms with Crippen LogP contribution in [-0.2, 0) is 16.1 Å². The molecule has 36 heavy (non-hydrogen) atoms. The van der Waals surface area contributed by atoms with E-state index in [1.165, 1.54) is 22.7 Å². The quantitative estimate of drug-likeness (QED) is 0.213. The van der Waals surface area contributed by atoms with Gasteiger partial charge in [-0.25, -0.2) is 23.4 Å². The van der Waals surface area contributed by atoms with Crippen LogP contribution in [0.25, 0.3) is 16.9 Å². The van der Waals surface area contributed by atoms with Crippen molar-refractivity contribution in [1.82, 2.24) is 14.4 Å². The smallest absolute Gasteiger partial charge is 0.473 e. The molecule has 3 aromatic heterocycles. The lowest BCUT2D eigenvalue weighted by Crippen LogP contribution is -2.28. The van der Waals surface area contributed by atoms with Crippen LogP contribution in [0.1, 0.15) is 27.2 Å². The van der Waals surface area contributed by atoms with E-state index in [-0.39, 0.29) is 17.0 Å². The van der Waals surface area contributed by atoms with Gasteiger partial charge in [0.15, 0.2) is 0 Å². The molecule has 3 heterocycles. The lowest BCUT2D eigenvalue weighted by molar-refractivity contribution is -0.193. The molecule has 0 spiro atoms. The Hall–Kier alpha value is -4.35. The number of benzene rings is 1. The first kappa shape index (κ1) is 24.8. The predicted octanol–water partition coefficient (Wildman–Crippen LogP) is 5.12. The molecule has 0 saturated carbocycles. The third kappa shape index (κ3) is 4.74. The van der Waals surface area contributed by atoms with Crippen LogP contribution in [0, 0.1) is 25.5 Å². The summed E-state index contributed by atoms with van der Waals surface area (Å²) in [6, 6.07) is 7.95. The van der Waals surface area contributed by atoms with Crippen LogP contribution in [0.5, 0.6) is 5.88 Å². The number of nitrogens with zero attached hydrogens (tertiary/aromatic N) is 3. The molecular weight excluding hydrogens is 489 g/mol. The number of hydrogen-bond donors (Lipinski definition) is 0. The molecule has 0 fully saturated rings. The molecule has 0 bridgehead atoms. The first-order valence-corrected chi connectivity index (χ1v) is 10.3. The molecule has 0 unspecified atom stereocenters. The van der Waals surface area contributed by atoms with E-state index in [1.54, 1.807) is 26.0 Å². The molecule has 0 saturated heterocycles. The number of halogens is 5. The largest absolute Gasteiger partial charge is 0.491 e. The lowest BCUT2D eigenvalue weighted by atomic mass is 10.1. The van der Waals surface area contributed by atoms with Crippen LogP contribution in [0.2, 0.25) is 0 Å². The van der Waals surface area contributed by atoms with Gasteiger partial charge in [-0.15, -0.1) is 0 Å². The van der Waals surface area contributed by atoms with E-state index in [9.17, 15) is 31.5 Å². The Labute approximate surface area is 200 Å². The molecule has 0 atom stereocenters. The summed E-state index contributed by atoms with van der Waals surface area (Å²) < 4.78 is 76.8. The van der Waals surface area contributed by atoms with Crippen molar-refractivity contribution in [3.8, 4) is 17.1 Å². The van der Waals surface area contributed by atoms with Crippen LogP contribution in [-0.4, -0.2) is 32.5 Å². The number of aromatic nitrogens is 3. The Balaban J connectivity index is 1.76. The highest BCUT2D eigenvalue weighted by Crippen LogP contribution is 2.32. The number of carbonyl (C=O) groups excluding carboxylic acids is 2.